The van der Waals surface area contributed by atoms with Gasteiger partial charge in [0.05, 0.1) is 6.04 Å². The molecule has 1 N–H and O–H groups in total. The molecule has 3 rings (SSSR count). The van der Waals surface area contributed by atoms with Crippen LogP contribution in [0.25, 0.3) is 0 Å². The lowest BCUT2D eigenvalue weighted by atomic mass is 9.99. The second-order valence-electron chi connectivity index (χ2n) is 6.34. The van der Waals surface area contributed by atoms with Gasteiger partial charge in [0.25, 0.3) is 5.56 Å². The molecule has 0 fully saturated rings. The second kappa shape index (κ2) is 8.31. The number of benzene rings is 2. The quantitative estimate of drug-likeness (QED) is 0.724. The van der Waals surface area contributed by atoms with Crippen LogP contribution in [0, 0.1) is 0 Å². The highest BCUT2D eigenvalue weighted by molar-refractivity contribution is 5.76. The largest absolute Gasteiger partial charge is 0.347 e. The van der Waals surface area contributed by atoms with E-state index in [2.05, 4.69) is 5.32 Å². The first-order valence-electron chi connectivity index (χ1n) is 8.69. The van der Waals surface area contributed by atoms with Gasteiger partial charge in [0.15, 0.2) is 0 Å². The third-order valence-electron chi connectivity index (χ3n) is 4.39. The van der Waals surface area contributed by atoms with E-state index in [0.717, 1.165) is 15.7 Å². The van der Waals surface area contributed by atoms with E-state index in [1.165, 1.54) is 23.9 Å². The fourth-order valence-corrected chi connectivity index (χ4v) is 2.92. The number of hydrogen-bond acceptors (Lipinski definition) is 3. The first-order chi connectivity index (χ1) is 13.0. The summed E-state index contributed by atoms with van der Waals surface area (Å²) >= 11 is 0. The second-order valence-corrected chi connectivity index (χ2v) is 6.34. The summed E-state index contributed by atoms with van der Waals surface area (Å²) in [5.74, 6) is -0.291. The molecule has 0 unspecified atom stereocenters. The molecule has 0 aliphatic carbocycles. The molecule has 0 aliphatic heterocycles. The van der Waals surface area contributed by atoms with Crippen molar-refractivity contribution in [3.8, 4) is 0 Å². The highest BCUT2D eigenvalue weighted by atomic mass is 16.2. The highest BCUT2D eigenvalue weighted by Gasteiger charge is 2.16. The maximum atomic E-state index is 12.6. The molecule has 0 aliphatic rings. The van der Waals surface area contributed by atoms with Gasteiger partial charge >= 0.3 is 5.69 Å². The Bertz CT molecular complexity index is 1020. The number of nitrogens with one attached hydrogen (secondary N) is 1. The Morgan fingerprint density at radius 3 is 2.26 bits per heavy atom. The summed E-state index contributed by atoms with van der Waals surface area (Å²) in [5, 5.41) is 3.01. The number of carbonyl (C=O) groups excluding carboxylic acids is 1. The van der Waals surface area contributed by atoms with Crippen molar-refractivity contribution in [3.63, 3.8) is 0 Å². The van der Waals surface area contributed by atoms with Crippen LogP contribution >= 0.6 is 0 Å². The van der Waals surface area contributed by atoms with Crippen molar-refractivity contribution < 1.29 is 4.79 Å². The fourth-order valence-electron chi connectivity index (χ4n) is 2.92. The van der Waals surface area contributed by atoms with Gasteiger partial charge in [-0.1, -0.05) is 60.7 Å². The molecule has 1 atom stereocenters. The van der Waals surface area contributed by atoms with Crippen LogP contribution in [0.15, 0.2) is 82.5 Å². The molecular formula is C21H21N3O3. The molecule has 3 aromatic rings. The van der Waals surface area contributed by atoms with Crippen molar-refractivity contribution >= 4 is 5.91 Å². The normalized spacial score (nSPS) is 11.7. The van der Waals surface area contributed by atoms with Crippen LogP contribution in [0.2, 0.25) is 0 Å². The summed E-state index contributed by atoms with van der Waals surface area (Å²) in [6.45, 7) is -0.148. The van der Waals surface area contributed by atoms with Gasteiger partial charge in [-0.15, -0.1) is 0 Å². The zero-order valence-corrected chi connectivity index (χ0v) is 15.0. The summed E-state index contributed by atoms with van der Waals surface area (Å²) in [6, 6.07) is 20.7. The molecule has 0 saturated heterocycles. The van der Waals surface area contributed by atoms with Gasteiger partial charge < -0.3 is 5.32 Å². The van der Waals surface area contributed by atoms with Crippen molar-refractivity contribution in [2.45, 2.75) is 19.0 Å². The van der Waals surface area contributed by atoms with E-state index in [9.17, 15) is 14.4 Å². The molecule has 0 bridgehead atoms. The highest BCUT2D eigenvalue weighted by Crippen LogP contribution is 2.18. The predicted octanol–water partition coefficient (Wildman–Crippen LogP) is 1.65. The third kappa shape index (κ3) is 4.61. The van der Waals surface area contributed by atoms with E-state index in [0.29, 0.717) is 6.42 Å². The van der Waals surface area contributed by atoms with E-state index in [1.807, 2.05) is 60.7 Å². The topological polar surface area (TPSA) is 73.1 Å². The van der Waals surface area contributed by atoms with Crippen molar-refractivity contribution in [3.05, 3.63) is 105 Å². The molecule has 0 saturated carbocycles. The number of rotatable bonds is 6. The van der Waals surface area contributed by atoms with E-state index in [4.69, 9.17) is 0 Å². The lowest BCUT2D eigenvalue weighted by molar-refractivity contribution is -0.122. The average Bonchev–Trinajstić information content (AvgIpc) is 2.69. The van der Waals surface area contributed by atoms with E-state index in [-0.39, 0.29) is 18.5 Å². The lowest BCUT2D eigenvalue weighted by Gasteiger charge is -2.20. The van der Waals surface area contributed by atoms with Crippen molar-refractivity contribution in [1.82, 2.24) is 14.5 Å². The molecule has 1 amide bonds. The van der Waals surface area contributed by atoms with Crippen LogP contribution in [-0.4, -0.2) is 15.0 Å². The Kier molecular flexibility index (Phi) is 5.66. The van der Waals surface area contributed by atoms with Crippen molar-refractivity contribution in [2.75, 3.05) is 0 Å². The molecule has 1 aromatic heterocycles. The minimum atomic E-state index is -0.517. The minimum absolute atomic E-state index is 0.148. The Morgan fingerprint density at radius 1 is 0.963 bits per heavy atom. The van der Waals surface area contributed by atoms with Gasteiger partial charge in [0.1, 0.15) is 6.54 Å². The molecular weight excluding hydrogens is 342 g/mol. The van der Waals surface area contributed by atoms with Crippen LogP contribution in [0.5, 0.6) is 0 Å². The van der Waals surface area contributed by atoms with Gasteiger partial charge in [-0.05, 0) is 17.5 Å². The van der Waals surface area contributed by atoms with Gasteiger partial charge in [0.2, 0.25) is 5.91 Å². The molecule has 0 radical (unpaired) electrons. The maximum absolute atomic E-state index is 12.6. The van der Waals surface area contributed by atoms with E-state index < -0.39 is 11.2 Å². The Balaban J connectivity index is 1.79. The average molecular weight is 363 g/mol. The van der Waals surface area contributed by atoms with Gasteiger partial charge in [-0.2, -0.15) is 0 Å². The summed E-state index contributed by atoms with van der Waals surface area (Å²) < 4.78 is 2.20. The standard InChI is InChI=1S/C21H21N3O3/c1-23-20(26)12-13-24(21(23)27)15-19(25)22-18(17-10-6-3-7-11-17)14-16-8-4-2-5-9-16/h2-13,18H,14-15H2,1H3,(H,22,25)/t18-/m0/s1. The maximum Gasteiger partial charge on any atom is 0.331 e. The zero-order valence-electron chi connectivity index (χ0n) is 15.0. The summed E-state index contributed by atoms with van der Waals surface area (Å²) in [7, 11) is 1.39. The smallest absolute Gasteiger partial charge is 0.331 e. The van der Waals surface area contributed by atoms with E-state index >= 15 is 0 Å². The number of amides is 1. The molecule has 2 aromatic carbocycles. The summed E-state index contributed by atoms with van der Waals surface area (Å²) in [4.78, 5) is 36.2. The number of nitrogens with zero attached hydrogens (tertiary/aromatic N) is 2. The predicted molar refractivity (Wildman–Crippen MR) is 103 cm³/mol. The van der Waals surface area contributed by atoms with Gasteiger partial charge in [-0.3, -0.25) is 18.7 Å². The summed E-state index contributed by atoms with van der Waals surface area (Å²) in [6.07, 6.45) is 1.98. The molecule has 0 spiro atoms. The first kappa shape index (κ1) is 18.4. The Labute approximate surface area is 156 Å². The molecule has 138 valence electrons. The SMILES string of the molecule is Cn1c(=O)ccn(CC(=O)N[C@@H](Cc2ccccc2)c2ccccc2)c1=O. The molecule has 6 nitrogen and oxygen atoms in total. The van der Waals surface area contributed by atoms with Crippen LogP contribution < -0.4 is 16.6 Å². The number of hydrogen-bond donors (Lipinski definition) is 1. The van der Waals surface area contributed by atoms with Gasteiger partial charge in [-0.25, -0.2) is 4.79 Å². The summed E-state index contributed by atoms with van der Waals surface area (Å²) in [5.41, 5.74) is 1.17. The van der Waals surface area contributed by atoms with Crippen LogP contribution in [0.3, 0.4) is 0 Å². The Hall–Kier alpha value is -3.41. The van der Waals surface area contributed by atoms with Crippen LogP contribution in [0.4, 0.5) is 0 Å². The van der Waals surface area contributed by atoms with Crippen LogP contribution in [-0.2, 0) is 24.8 Å². The number of carbonyl (C=O) groups is 1. The van der Waals surface area contributed by atoms with Crippen molar-refractivity contribution in [1.29, 1.82) is 0 Å². The fraction of sp³-hybridized carbons (Fsp3) is 0.190. The number of aromatic nitrogens is 2. The zero-order chi connectivity index (χ0) is 19.2. The minimum Gasteiger partial charge on any atom is -0.347 e. The van der Waals surface area contributed by atoms with Crippen LogP contribution in [0.1, 0.15) is 17.2 Å². The first-order valence-corrected chi connectivity index (χ1v) is 8.69. The third-order valence-corrected chi connectivity index (χ3v) is 4.39. The van der Waals surface area contributed by atoms with Crippen molar-refractivity contribution in [2.24, 2.45) is 7.05 Å². The molecule has 6 heteroatoms. The van der Waals surface area contributed by atoms with E-state index in [1.54, 1.807) is 0 Å². The molecule has 1 heterocycles. The Morgan fingerprint density at radius 2 is 1.59 bits per heavy atom. The molecule has 27 heavy (non-hydrogen) atoms. The van der Waals surface area contributed by atoms with Gasteiger partial charge in [0, 0.05) is 19.3 Å². The monoisotopic (exact) mass is 363 g/mol. The lowest BCUT2D eigenvalue weighted by Crippen LogP contribution is -2.41.